The molecule has 0 aliphatic rings. The molecule has 1 unspecified atom stereocenters. The van der Waals surface area contributed by atoms with Gasteiger partial charge in [0.1, 0.15) is 18.3 Å². The third kappa shape index (κ3) is 7.99. The van der Waals surface area contributed by atoms with Gasteiger partial charge >= 0.3 is 0 Å². The summed E-state index contributed by atoms with van der Waals surface area (Å²) in [4.78, 5) is 28.4. The average molecular weight is 651 g/mol. The molecule has 8 nitrogen and oxygen atoms in total. The van der Waals surface area contributed by atoms with Gasteiger partial charge in [0, 0.05) is 17.6 Å². The molecule has 0 radical (unpaired) electrons. The van der Waals surface area contributed by atoms with Crippen molar-refractivity contribution in [3.8, 4) is 5.75 Å². The summed E-state index contributed by atoms with van der Waals surface area (Å²) in [5.41, 5.74) is 0.973. The second-order valence-corrected chi connectivity index (χ2v) is 12.3. The number of nitrogens with one attached hydrogen (secondary N) is 1. The number of hydrogen-bond acceptors (Lipinski definition) is 5. The van der Waals surface area contributed by atoms with Crippen LogP contribution >= 0.6 is 27.5 Å². The zero-order chi connectivity index (χ0) is 29.3. The lowest BCUT2D eigenvalue weighted by molar-refractivity contribution is -0.139. The molecule has 214 valence electrons. The minimum Gasteiger partial charge on any atom is -0.495 e. The summed E-state index contributed by atoms with van der Waals surface area (Å²) in [6.07, 6.45) is 1.72. The first-order valence-electron chi connectivity index (χ1n) is 12.8. The van der Waals surface area contributed by atoms with E-state index >= 15 is 0 Å². The Bertz CT molecular complexity index is 1400. The summed E-state index contributed by atoms with van der Waals surface area (Å²) < 4.78 is 34.8. The lowest BCUT2D eigenvalue weighted by Gasteiger charge is -2.32. The third-order valence-electron chi connectivity index (χ3n) is 6.30. The van der Waals surface area contributed by atoms with E-state index in [0.29, 0.717) is 12.3 Å². The molecular weight excluding hydrogens is 618 g/mol. The number of sulfonamides is 1. The van der Waals surface area contributed by atoms with Crippen LogP contribution in [0.5, 0.6) is 5.75 Å². The number of halogens is 2. The van der Waals surface area contributed by atoms with Crippen LogP contribution in [-0.2, 0) is 26.2 Å². The standard InChI is InChI=1S/C29H33BrClN3O5S/c1-4-5-17-32-29(36)21(2)33(19-22-11-13-23(30)14-12-22)28(35)20-34(24-15-16-27(39-3)26(31)18-24)40(37,38)25-9-7-6-8-10-25/h6-16,18,21H,4-5,17,19-20H2,1-3H3,(H,32,36). The Morgan fingerprint density at radius 3 is 2.33 bits per heavy atom. The maximum Gasteiger partial charge on any atom is 0.264 e. The summed E-state index contributed by atoms with van der Waals surface area (Å²) >= 11 is 9.75. The fraction of sp³-hybridized carbons (Fsp3) is 0.310. The van der Waals surface area contributed by atoms with Crippen molar-refractivity contribution in [2.45, 2.75) is 44.2 Å². The van der Waals surface area contributed by atoms with Gasteiger partial charge < -0.3 is 15.0 Å². The molecule has 11 heteroatoms. The Kier molecular flexibility index (Phi) is 11.4. The van der Waals surface area contributed by atoms with Crippen LogP contribution in [0.4, 0.5) is 5.69 Å². The fourth-order valence-corrected chi connectivity index (χ4v) is 5.91. The van der Waals surface area contributed by atoms with E-state index in [1.54, 1.807) is 31.2 Å². The molecule has 1 N–H and O–H groups in total. The summed E-state index contributed by atoms with van der Waals surface area (Å²) in [6, 6.07) is 18.9. The van der Waals surface area contributed by atoms with Gasteiger partial charge in [-0.05, 0) is 61.4 Å². The predicted molar refractivity (Wildman–Crippen MR) is 161 cm³/mol. The highest BCUT2D eigenvalue weighted by Gasteiger charge is 2.32. The number of unbranched alkanes of at least 4 members (excludes halogenated alkanes) is 1. The van der Waals surface area contributed by atoms with Crippen molar-refractivity contribution in [3.63, 3.8) is 0 Å². The Morgan fingerprint density at radius 1 is 1.05 bits per heavy atom. The van der Waals surface area contributed by atoms with Crippen molar-refractivity contribution in [1.82, 2.24) is 10.2 Å². The van der Waals surface area contributed by atoms with Crippen LogP contribution in [0.25, 0.3) is 0 Å². The van der Waals surface area contributed by atoms with Crippen LogP contribution in [0.15, 0.2) is 82.2 Å². The van der Waals surface area contributed by atoms with Crippen LogP contribution in [0, 0.1) is 0 Å². The lowest BCUT2D eigenvalue weighted by atomic mass is 10.1. The molecule has 0 saturated carbocycles. The number of methoxy groups -OCH3 is 1. The molecule has 40 heavy (non-hydrogen) atoms. The Hall–Kier alpha value is -3.08. The Balaban J connectivity index is 2.02. The second-order valence-electron chi connectivity index (χ2n) is 9.11. The number of hydrogen-bond donors (Lipinski definition) is 1. The highest BCUT2D eigenvalue weighted by molar-refractivity contribution is 9.10. The van der Waals surface area contributed by atoms with Crippen molar-refractivity contribution in [2.24, 2.45) is 0 Å². The monoisotopic (exact) mass is 649 g/mol. The van der Waals surface area contributed by atoms with E-state index in [0.717, 1.165) is 27.2 Å². The number of rotatable bonds is 13. The summed E-state index contributed by atoms with van der Waals surface area (Å²) in [7, 11) is -2.73. The first-order valence-corrected chi connectivity index (χ1v) is 15.4. The molecule has 0 aromatic heterocycles. The van der Waals surface area contributed by atoms with Crippen molar-refractivity contribution >= 4 is 55.1 Å². The van der Waals surface area contributed by atoms with Gasteiger partial charge in [0.15, 0.2) is 0 Å². The molecule has 0 heterocycles. The Morgan fingerprint density at radius 2 is 1.73 bits per heavy atom. The zero-order valence-electron chi connectivity index (χ0n) is 22.6. The van der Waals surface area contributed by atoms with Gasteiger partial charge in [-0.25, -0.2) is 8.42 Å². The fourth-order valence-electron chi connectivity index (χ4n) is 3.96. The van der Waals surface area contributed by atoms with E-state index in [4.69, 9.17) is 16.3 Å². The molecule has 0 spiro atoms. The summed E-state index contributed by atoms with van der Waals surface area (Å²) in [5, 5.41) is 3.06. The number of ether oxygens (including phenoxy) is 1. The molecule has 3 aromatic carbocycles. The first kappa shape index (κ1) is 31.4. The number of carbonyl (C=O) groups is 2. The van der Waals surface area contributed by atoms with E-state index < -0.39 is 28.5 Å². The van der Waals surface area contributed by atoms with Gasteiger partial charge in [-0.1, -0.05) is 71.2 Å². The highest BCUT2D eigenvalue weighted by Crippen LogP contribution is 2.32. The quantitative estimate of drug-likeness (QED) is 0.242. The van der Waals surface area contributed by atoms with E-state index in [1.807, 2.05) is 31.2 Å². The van der Waals surface area contributed by atoms with Crippen molar-refractivity contribution in [2.75, 3.05) is 24.5 Å². The maximum absolute atomic E-state index is 13.9. The summed E-state index contributed by atoms with van der Waals surface area (Å²) in [6.45, 7) is 3.70. The number of amides is 2. The average Bonchev–Trinajstić information content (AvgIpc) is 2.95. The first-order chi connectivity index (χ1) is 19.1. The largest absolute Gasteiger partial charge is 0.495 e. The minimum atomic E-state index is -4.18. The number of anilines is 1. The Labute approximate surface area is 249 Å². The van der Waals surface area contributed by atoms with Crippen LogP contribution in [0.3, 0.4) is 0 Å². The molecule has 0 bridgehead atoms. The van der Waals surface area contributed by atoms with Gasteiger partial charge in [-0.3, -0.25) is 13.9 Å². The van der Waals surface area contributed by atoms with Gasteiger partial charge in [0.2, 0.25) is 11.8 Å². The van der Waals surface area contributed by atoms with Gasteiger partial charge in [0.05, 0.1) is 22.7 Å². The van der Waals surface area contributed by atoms with E-state index in [-0.39, 0.29) is 28.1 Å². The smallest absolute Gasteiger partial charge is 0.264 e. The molecular formula is C29H33BrClN3O5S. The number of benzene rings is 3. The maximum atomic E-state index is 13.9. The second kappa shape index (κ2) is 14.5. The van der Waals surface area contributed by atoms with Crippen LogP contribution in [-0.4, -0.2) is 51.4 Å². The number of nitrogens with zero attached hydrogens (tertiary/aromatic N) is 2. The van der Waals surface area contributed by atoms with Crippen LogP contribution < -0.4 is 14.4 Å². The molecule has 0 fully saturated rings. The molecule has 0 saturated heterocycles. The normalized spacial score (nSPS) is 11.9. The molecule has 0 aliphatic carbocycles. The van der Waals surface area contributed by atoms with Crippen LogP contribution in [0.1, 0.15) is 32.3 Å². The van der Waals surface area contributed by atoms with E-state index in [1.165, 1.54) is 36.3 Å². The molecule has 0 aliphatic heterocycles. The molecule has 3 rings (SSSR count). The SMILES string of the molecule is CCCCNC(=O)C(C)N(Cc1ccc(Br)cc1)C(=O)CN(c1ccc(OC)c(Cl)c1)S(=O)(=O)c1ccccc1. The van der Waals surface area contributed by atoms with Crippen molar-refractivity contribution in [1.29, 1.82) is 0 Å². The highest BCUT2D eigenvalue weighted by atomic mass is 79.9. The summed E-state index contributed by atoms with van der Waals surface area (Å²) in [5.74, 6) is -0.501. The molecule has 1 atom stereocenters. The predicted octanol–water partition coefficient (Wildman–Crippen LogP) is 5.64. The van der Waals surface area contributed by atoms with Gasteiger partial charge in [-0.15, -0.1) is 0 Å². The van der Waals surface area contributed by atoms with Gasteiger partial charge in [-0.2, -0.15) is 0 Å². The zero-order valence-corrected chi connectivity index (χ0v) is 25.8. The van der Waals surface area contributed by atoms with Crippen molar-refractivity contribution < 1.29 is 22.7 Å². The van der Waals surface area contributed by atoms with Gasteiger partial charge in [0.25, 0.3) is 10.0 Å². The molecule has 2 amide bonds. The topological polar surface area (TPSA) is 96.0 Å². The van der Waals surface area contributed by atoms with E-state index in [2.05, 4.69) is 21.2 Å². The minimum absolute atomic E-state index is 0.0135. The van der Waals surface area contributed by atoms with E-state index in [9.17, 15) is 18.0 Å². The molecule has 3 aromatic rings. The number of carbonyl (C=O) groups excluding carboxylic acids is 2. The van der Waals surface area contributed by atoms with Crippen LogP contribution in [0.2, 0.25) is 5.02 Å². The van der Waals surface area contributed by atoms with Crippen molar-refractivity contribution in [3.05, 3.63) is 87.9 Å². The lowest BCUT2D eigenvalue weighted by Crippen LogP contribution is -2.51. The third-order valence-corrected chi connectivity index (χ3v) is 8.91.